The Hall–Kier alpha value is -1.79. The summed E-state index contributed by atoms with van der Waals surface area (Å²) in [7, 11) is 0. The Bertz CT molecular complexity index is 678. The van der Waals surface area contributed by atoms with Crippen molar-refractivity contribution in [3.63, 3.8) is 0 Å². The maximum atomic E-state index is 12.2. The third-order valence-electron chi connectivity index (χ3n) is 3.86. The third kappa shape index (κ3) is 3.34. The van der Waals surface area contributed by atoms with E-state index in [0.717, 1.165) is 23.4 Å². The molecule has 116 valence electrons. The van der Waals surface area contributed by atoms with Gasteiger partial charge < -0.3 is 10.1 Å². The van der Waals surface area contributed by atoms with Gasteiger partial charge in [0.15, 0.2) is 0 Å². The van der Waals surface area contributed by atoms with Crippen molar-refractivity contribution in [3.05, 3.63) is 29.3 Å². The first-order chi connectivity index (χ1) is 10.6. The van der Waals surface area contributed by atoms with E-state index in [2.05, 4.69) is 47.6 Å². The SMILES string of the molecule is Cc1ccc(-c2nnc(NC(=O)C3CCOCC3)s2)c(C)c1. The number of hydrogen-bond acceptors (Lipinski definition) is 5. The molecule has 1 amide bonds. The molecule has 0 spiro atoms. The molecule has 2 aromatic rings. The molecule has 6 heteroatoms. The Labute approximate surface area is 133 Å². The van der Waals surface area contributed by atoms with Crippen molar-refractivity contribution in [2.75, 3.05) is 18.5 Å². The molecule has 1 fully saturated rings. The van der Waals surface area contributed by atoms with Crippen LogP contribution in [0.15, 0.2) is 18.2 Å². The summed E-state index contributed by atoms with van der Waals surface area (Å²) in [5, 5.41) is 12.6. The molecule has 2 heterocycles. The van der Waals surface area contributed by atoms with Crippen LogP contribution in [0.2, 0.25) is 0 Å². The number of ether oxygens (including phenoxy) is 1. The predicted octanol–water partition coefficient (Wildman–Crippen LogP) is 3.19. The van der Waals surface area contributed by atoms with Crippen LogP contribution in [0.5, 0.6) is 0 Å². The Morgan fingerprint density at radius 3 is 2.77 bits per heavy atom. The van der Waals surface area contributed by atoms with Crippen molar-refractivity contribution >= 4 is 22.4 Å². The molecule has 0 atom stereocenters. The van der Waals surface area contributed by atoms with E-state index in [1.165, 1.54) is 22.5 Å². The van der Waals surface area contributed by atoms with Gasteiger partial charge in [-0.25, -0.2) is 0 Å². The Morgan fingerprint density at radius 1 is 1.27 bits per heavy atom. The highest BCUT2D eigenvalue weighted by Gasteiger charge is 2.22. The van der Waals surface area contributed by atoms with E-state index < -0.39 is 0 Å². The first kappa shape index (κ1) is 15.1. The molecule has 22 heavy (non-hydrogen) atoms. The molecule has 5 nitrogen and oxygen atoms in total. The number of nitrogens with zero attached hydrogens (tertiary/aromatic N) is 2. The second-order valence-electron chi connectivity index (χ2n) is 5.61. The van der Waals surface area contributed by atoms with Gasteiger partial charge in [-0.05, 0) is 32.3 Å². The molecule has 1 N–H and O–H groups in total. The van der Waals surface area contributed by atoms with Gasteiger partial charge in [0.25, 0.3) is 0 Å². The van der Waals surface area contributed by atoms with Gasteiger partial charge in [-0.3, -0.25) is 4.79 Å². The zero-order chi connectivity index (χ0) is 15.5. The second kappa shape index (κ2) is 6.54. The molecule has 1 aliphatic rings. The van der Waals surface area contributed by atoms with Gasteiger partial charge in [-0.15, -0.1) is 10.2 Å². The molecular weight excluding hydrogens is 298 g/mol. The molecular formula is C16H19N3O2S. The third-order valence-corrected chi connectivity index (χ3v) is 4.73. The fourth-order valence-corrected chi connectivity index (χ4v) is 3.44. The highest BCUT2D eigenvalue weighted by Crippen LogP contribution is 2.30. The largest absolute Gasteiger partial charge is 0.381 e. The average molecular weight is 317 g/mol. The quantitative estimate of drug-likeness (QED) is 0.944. The zero-order valence-electron chi connectivity index (χ0n) is 12.8. The number of nitrogens with one attached hydrogen (secondary N) is 1. The lowest BCUT2D eigenvalue weighted by atomic mass is 10.00. The maximum absolute atomic E-state index is 12.2. The smallest absolute Gasteiger partial charge is 0.229 e. The summed E-state index contributed by atoms with van der Waals surface area (Å²) < 4.78 is 5.28. The summed E-state index contributed by atoms with van der Waals surface area (Å²) in [6, 6.07) is 6.23. The van der Waals surface area contributed by atoms with Crippen LogP contribution in [-0.2, 0) is 9.53 Å². The minimum Gasteiger partial charge on any atom is -0.381 e. The fourth-order valence-electron chi connectivity index (χ4n) is 2.60. The number of anilines is 1. The normalized spacial score (nSPS) is 15.7. The van der Waals surface area contributed by atoms with Crippen LogP contribution in [0.1, 0.15) is 24.0 Å². The van der Waals surface area contributed by atoms with Gasteiger partial charge in [0, 0.05) is 24.7 Å². The summed E-state index contributed by atoms with van der Waals surface area (Å²) in [6.07, 6.45) is 1.54. The van der Waals surface area contributed by atoms with Crippen molar-refractivity contribution in [3.8, 4) is 10.6 Å². The number of carbonyl (C=O) groups is 1. The van der Waals surface area contributed by atoms with E-state index in [9.17, 15) is 4.79 Å². The van der Waals surface area contributed by atoms with Crippen LogP contribution < -0.4 is 5.32 Å². The Balaban J connectivity index is 1.72. The Kier molecular flexibility index (Phi) is 4.49. The molecule has 0 saturated carbocycles. The molecule has 1 saturated heterocycles. The highest BCUT2D eigenvalue weighted by molar-refractivity contribution is 7.18. The predicted molar refractivity (Wildman–Crippen MR) is 87.0 cm³/mol. The number of hydrogen-bond donors (Lipinski definition) is 1. The summed E-state index contributed by atoms with van der Waals surface area (Å²) in [5.41, 5.74) is 3.45. The van der Waals surface area contributed by atoms with Crippen LogP contribution in [0.4, 0.5) is 5.13 Å². The molecule has 0 unspecified atom stereocenters. The van der Waals surface area contributed by atoms with E-state index in [0.29, 0.717) is 18.3 Å². The minimum absolute atomic E-state index is 0.0159. The van der Waals surface area contributed by atoms with Crippen LogP contribution >= 0.6 is 11.3 Å². The van der Waals surface area contributed by atoms with Gasteiger partial charge in [0.2, 0.25) is 11.0 Å². The van der Waals surface area contributed by atoms with Crippen molar-refractivity contribution in [1.82, 2.24) is 10.2 Å². The summed E-state index contributed by atoms with van der Waals surface area (Å²) >= 11 is 1.41. The number of amides is 1. The van der Waals surface area contributed by atoms with Gasteiger partial charge in [0.05, 0.1) is 0 Å². The van der Waals surface area contributed by atoms with E-state index in [-0.39, 0.29) is 11.8 Å². The van der Waals surface area contributed by atoms with E-state index >= 15 is 0 Å². The number of carbonyl (C=O) groups excluding carboxylic acids is 1. The number of aromatic nitrogens is 2. The number of rotatable bonds is 3. The monoisotopic (exact) mass is 317 g/mol. The summed E-state index contributed by atoms with van der Waals surface area (Å²) in [4.78, 5) is 12.2. The molecule has 0 aliphatic carbocycles. The van der Waals surface area contributed by atoms with Crippen LogP contribution in [0.25, 0.3) is 10.6 Å². The minimum atomic E-state index is 0.0159. The van der Waals surface area contributed by atoms with Crippen LogP contribution in [0, 0.1) is 19.8 Å². The lowest BCUT2D eigenvalue weighted by Gasteiger charge is -2.20. The van der Waals surface area contributed by atoms with Crippen molar-refractivity contribution in [2.24, 2.45) is 5.92 Å². The maximum Gasteiger partial charge on any atom is 0.229 e. The van der Waals surface area contributed by atoms with E-state index in [1.807, 2.05) is 0 Å². The van der Waals surface area contributed by atoms with Gasteiger partial charge in [-0.1, -0.05) is 35.1 Å². The van der Waals surface area contributed by atoms with Crippen LogP contribution in [-0.4, -0.2) is 29.3 Å². The molecule has 0 bridgehead atoms. The van der Waals surface area contributed by atoms with E-state index in [4.69, 9.17) is 4.74 Å². The highest BCUT2D eigenvalue weighted by atomic mass is 32.1. The number of aryl methyl sites for hydroxylation is 2. The van der Waals surface area contributed by atoms with Crippen molar-refractivity contribution in [2.45, 2.75) is 26.7 Å². The average Bonchev–Trinajstić information content (AvgIpc) is 2.96. The van der Waals surface area contributed by atoms with Gasteiger partial charge in [0.1, 0.15) is 5.01 Å². The molecule has 0 radical (unpaired) electrons. The fraction of sp³-hybridized carbons (Fsp3) is 0.438. The molecule has 1 aromatic carbocycles. The van der Waals surface area contributed by atoms with Crippen molar-refractivity contribution < 1.29 is 9.53 Å². The van der Waals surface area contributed by atoms with Gasteiger partial charge in [-0.2, -0.15) is 0 Å². The lowest BCUT2D eigenvalue weighted by Crippen LogP contribution is -2.28. The lowest BCUT2D eigenvalue weighted by molar-refractivity contribution is -0.122. The Morgan fingerprint density at radius 2 is 2.05 bits per heavy atom. The molecule has 1 aliphatic heterocycles. The summed E-state index contributed by atoms with van der Waals surface area (Å²) in [5.74, 6) is 0.0360. The standard InChI is InChI=1S/C16H19N3O2S/c1-10-3-4-13(11(2)9-10)15-18-19-16(22-15)17-14(20)12-5-7-21-8-6-12/h3-4,9,12H,5-8H2,1-2H3,(H,17,19,20). The topological polar surface area (TPSA) is 64.1 Å². The summed E-state index contributed by atoms with van der Waals surface area (Å²) in [6.45, 7) is 5.43. The first-order valence-corrected chi connectivity index (χ1v) is 8.25. The number of benzene rings is 1. The first-order valence-electron chi connectivity index (χ1n) is 7.43. The van der Waals surface area contributed by atoms with Gasteiger partial charge >= 0.3 is 0 Å². The molecule has 1 aromatic heterocycles. The zero-order valence-corrected chi connectivity index (χ0v) is 13.6. The van der Waals surface area contributed by atoms with Crippen LogP contribution in [0.3, 0.4) is 0 Å². The van der Waals surface area contributed by atoms with E-state index in [1.54, 1.807) is 0 Å². The second-order valence-corrected chi connectivity index (χ2v) is 6.58. The van der Waals surface area contributed by atoms with Crippen molar-refractivity contribution in [1.29, 1.82) is 0 Å². The molecule has 3 rings (SSSR count).